The molecule has 0 aromatic rings. The second-order valence-corrected chi connectivity index (χ2v) is 6.07. The maximum absolute atomic E-state index is 11.8. The highest BCUT2D eigenvalue weighted by Gasteiger charge is 2.40. The first-order valence-electron chi connectivity index (χ1n) is 7.32. The summed E-state index contributed by atoms with van der Waals surface area (Å²) < 4.78 is 0. The lowest BCUT2D eigenvalue weighted by Gasteiger charge is -2.27. The van der Waals surface area contributed by atoms with Crippen LogP contribution in [0.3, 0.4) is 0 Å². The van der Waals surface area contributed by atoms with Crippen LogP contribution < -0.4 is 10.6 Å². The van der Waals surface area contributed by atoms with Crippen LogP contribution in [0.15, 0.2) is 0 Å². The molecule has 0 unspecified atom stereocenters. The molecule has 2 amide bonds. The molecule has 0 aromatic heterocycles. The van der Waals surface area contributed by atoms with E-state index in [9.17, 15) is 9.59 Å². The van der Waals surface area contributed by atoms with E-state index in [0.717, 1.165) is 25.8 Å². The van der Waals surface area contributed by atoms with Crippen molar-refractivity contribution in [1.29, 1.82) is 0 Å². The van der Waals surface area contributed by atoms with Crippen LogP contribution >= 0.6 is 0 Å². The third-order valence-electron chi connectivity index (χ3n) is 4.74. The van der Waals surface area contributed by atoms with Gasteiger partial charge >= 0.3 is 12.0 Å². The zero-order valence-electron chi connectivity index (χ0n) is 11.6. The first-order chi connectivity index (χ1) is 9.04. The van der Waals surface area contributed by atoms with E-state index in [2.05, 4.69) is 17.6 Å². The molecule has 108 valence electrons. The third kappa shape index (κ3) is 3.85. The Balaban J connectivity index is 1.65. The summed E-state index contributed by atoms with van der Waals surface area (Å²) in [5.74, 6) is -0.933. The molecule has 19 heavy (non-hydrogen) atoms. The number of rotatable bonds is 5. The fourth-order valence-corrected chi connectivity index (χ4v) is 2.82. The molecule has 2 rings (SSSR count). The molecule has 0 saturated heterocycles. The van der Waals surface area contributed by atoms with Crippen molar-refractivity contribution in [2.75, 3.05) is 6.54 Å². The van der Waals surface area contributed by atoms with Crippen LogP contribution in [0.1, 0.15) is 51.9 Å². The number of aliphatic carboxylic acids is 1. The maximum atomic E-state index is 11.8. The number of nitrogens with one attached hydrogen (secondary N) is 2. The summed E-state index contributed by atoms with van der Waals surface area (Å²) in [6.45, 7) is 2.93. The van der Waals surface area contributed by atoms with Gasteiger partial charge in [-0.2, -0.15) is 0 Å². The minimum Gasteiger partial charge on any atom is -0.481 e. The summed E-state index contributed by atoms with van der Waals surface area (Å²) >= 11 is 0. The van der Waals surface area contributed by atoms with Gasteiger partial charge in [0.05, 0.1) is 5.92 Å². The van der Waals surface area contributed by atoms with Crippen LogP contribution in [0.2, 0.25) is 0 Å². The SMILES string of the molecule is CCC1(CNC(=O)NC2CCC(C(=O)O)CC2)CC1. The lowest BCUT2D eigenvalue weighted by Crippen LogP contribution is -2.45. The highest BCUT2D eigenvalue weighted by atomic mass is 16.4. The van der Waals surface area contributed by atoms with E-state index in [-0.39, 0.29) is 18.0 Å². The summed E-state index contributed by atoms with van der Waals surface area (Å²) in [6.07, 6.45) is 6.42. The van der Waals surface area contributed by atoms with Gasteiger partial charge in [-0.05, 0) is 50.4 Å². The van der Waals surface area contributed by atoms with Gasteiger partial charge in [0.25, 0.3) is 0 Å². The molecule has 2 saturated carbocycles. The van der Waals surface area contributed by atoms with Gasteiger partial charge in [0, 0.05) is 12.6 Å². The van der Waals surface area contributed by atoms with E-state index in [1.807, 2.05) is 0 Å². The average molecular weight is 268 g/mol. The maximum Gasteiger partial charge on any atom is 0.315 e. The van der Waals surface area contributed by atoms with Gasteiger partial charge in [0.15, 0.2) is 0 Å². The molecule has 0 aliphatic heterocycles. The molecule has 0 aromatic carbocycles. The Labute approximate surface area is 114 Å². The number of carboxylic acids is 1. The number of hydrogen-bond acceptors (Lipinski definition) is 2. The van der Waals surface area contributed by atoms with Crippen molar-refractivity contribution >= 4 is 12.0 Å². The molecule has 0 heterocycles. The molecular weight excluding hydrogens is 244 g/mol. The minimum atomic E-state index is -0.707. The third-order valence-corrected chi connectivity index (χ3v) is 4.74. The Bertz CT molecular complexity index is 345. The molecule has 0 radical (unpaired) electrons. The Kier molecular flexibility index (Phi) is 4.32. The summed E-state index contributed by atoms with van der Waals surface area (Å²) in [5, 5.41) is 14.8. The number of carboxylic acid groups (broad SMARTS) is 1. The summed E-state index contributed by atoms with van der Waals surface area (Å²) in [6, 6.07) is 0.0332. The van der Waals surface area contributed by atoms with E-state index < -0.39 is 5.97 Å². The molecule has 5 heteroatoms. The van der Waals surface area contributed by atoms with Gasteiger partial charge in [-0.15, -0.1) is 0 Å². The molecular formula is C14H24N2O3. The number of hydrogen-bond donors (Lipinski definition) is 3. The number of urea groups is 1. The summed E-state index contributed by atoms with van der Waals surface area (Å²) in [7, 11) is 0. The molecule has 0 atom stereocenters. The van der Waals surface area contributed by atoms with E-state index in [1.54, 1.807) is 0 Å². The zero-order valence-corrected chi connectivity index (χ0v) is 11.6. The molecule has 2 aliphatic carbocycles. The number of amides is 2. The van der Waals surface area contributed by atoms with Gasteiger partial charge in [0.1, 0.15) is 0 Å². The first-order valence-corrected chi connectivity index (χ1v) is 7.32. The van der Waals surface area contributed by atoms with Crippen LogP contribution in [-0.2, 0) is 4.79 Å². The normalized spacial score (nSPS) is 28.5. The summed E-state index contributed by atoms with van der Waals surface area (Å²) in [5.41, 5.74) is 0.359. The second-order valence-electron chi connectivity index (χ2n) is 6.07. The second kappa shape index (κ2) is 5.80. The van der Waals surface area contributed by atoms with E-state index in [1.165, 1.54) is 12.8 Å². The first kappa shape index (κ1) is 14.2. The number of carbonyl (C=O) groups excluding carboxylic acids is 1. The number of carbonyl (C=O) groups is 2. The van der Waals surface area contributed by atoms with Crippen molar-refractivity contribution in [1.82, 2.24) is 10.6 Å². The Morgan fingerprint density at radius 1 is 1.21 bits per heavy atom. The zero-order chi connectivity index (χ0) is 13.9. The van der Waals surface area contributed by atoms with Crippen molar-refractivity contribution in [3.8, 4) is 0 Å². The fraction of sp³-hybridized carbons (Fsp3) is 0.857. The van der Waals surface area contributed by atoms with Crippen LogP contribution in [0.25, 0.3) is 0 Å². The van der Waals surface area contributed by atoms with Crippen LogP contribution in [-0.4, -0.2) is 29.7 Å². The van der Waals surface area contributed by atoms with Crippen LogP contribution in [0.4, 0.5) is 4.79 Å². The van der Waals surface area contributed by atoms with Crippen molar-refractivity contribution < 1.29 is 14.7 Å². The van der Waals surface area contributed by atoms with Crippen molar-refractivity contribution in [2.24, 2.45) is 11.3 Å². The molecule has 2 aliphatic rings. The lowest BCUT2D eigenvalue weighted by molar-refractivity contribution is -0.142. The average Bonchev–Trinajstić information content (AvgIpc) is 3.18. The highest BCUT2D eigenvalue weighted by Crippen LogP contribution is 2.47. The highest BCUT2D eigenvalue weighted by molar-refractivity contribution is 5.74. The quantitative estimate of drug-likeness (QED) is 0.714. The smallest absolute Gasteiger partial charge is 0.315 e. The monoisotopic (exact) mass is 268 g/mol. The van der Waals surface area contributed by atoms with Gasteiger partial charge in [-0.25, -0.2) is 4.79 Å². The van der Waals surface area contributed by atoms with Gasteiger partial charge in [0.2, 0.25) is 0 Å². The van der Waals surface area contributed by atoms with E-state index >= 15 is 0 Å². The van der Waals surface area contributed by atoms with E-state index in [0.29, 0.717) is 18.3 Å². The molecule has 0 bridgehead atoms. The summed E-state index contributed by atoms with van der Waals surface area (Å²) in [4.78, 5) is 22.6. The van der Waals surface area contributed by atoms with Crippen molar-refractivity contribution in [2.45, 2.75) is 57.9 Å². The Morgan fingerprint density at radius 3 is 2.32 bits per heavy atom. The minimum absolute atomic E-state index is 0.0986. The molecule has 3 N–H and O–H groups in total. The van der Waals surface area contributed by atoms with Gasteiger partial charge in [-0.3, -0.25) is 4.79 Å². The van der Waals surface area contributed by atoms with Crippen molar-refractivity contribution in [3.05, 3.63) is 0 Å². The molecule has 2 fully saturated rings. The Morgan fingerprint density at radius 2 is 1.84 bits per heavy atom. The molecule has 5 nitrogen and oxygen atoms in total. The van der Waals surface area contributed by atoms with Crippen LogP contribution in [0.5, 0.6) is 0 Å². The van der Waals surface area contributed by atoms with Crippen molar-refractivity contribution in [3.63, 3.8) is 0 Å². The predicted octanol–water partition coefficient (Wildman–Crippen LogP) is 2.12. The van der Waals surface area contributed by atoms with Gasteiger partial charge < -0.3 is 15.7 Å². The Hall–Kier alpha value is -1.26. The fourth-order valence-electron chi connectivity index (χ4n) is 2.82. The topological polar surface area (TPSA) is 78.4 Å². The lowest BCUT2D eigenvalue weighted by atomic mass is 9.86. The van der Waals surface area contributed by atoms with E-state index in [4.69, 9.17) is 5.11 Å². The molecule has 0 spiro atoms. The van der Waals surface area contributed by atoms with Gasteiger partial charge in [-0.1, -0.05) is 6.92 Å². The standard InChI is InChI=1S/C14H24N2O3/c1-2-14(7-8-14)9-15-13(19)16-11-5-3-10(4-6-11)12(17)18/h10-11H,2-9H2,1H3,(H,17,18)(H2,15,16,19). The van der Waals surface area contributed by atoms with Crippen LogP contribution in [0, 0.1) is 11.3 Å². The largest absolute Gasteiger partial charge is 0.481 e. The predicted molar refractivity (Wildman–Crippen MR) is 71.9 cm³/mol.